The number of anilines is 2. The number of nitrogen functional groups attached to an aromatic ring is 1. The maximum absolute atomic E-state index is 14.0. The van der Waals surface area contributed by atoms with Crippen LogP contribution in [0.2, 0.25) is 0 Å². The van der Waals surface area contributed by atoms with E-state index in [4.69, 9.17) is 11.0 Å². The molecule has 10 heteroatoms. The fraction of sp³-hybridized carbons (Fsp3) is 0.167. The van der Waals surface area contributed by atoms with Gasteiger partial charge in [0.25, 0.3) is 0 Å². The third kappa shape index (κ3) is 3.21. The minimum atomic E-state index is -0.364. The highest BCUT2D eigenvalue weighted by atomic mass is 19.1. The van der Waals surface area contributed by atoms with Crippen LogP contribution in [-0.4, -0.2) is 36.3 Å². The Labute approximate surface area is 159 Å². The lowest BCUT2D eigenvalue weighted by atomic mass is 10.1. The first kappa shape index (κ1) is 17.4. The van der Waals surface area contributed by atoms with Gasteiger partial charge in [-0.15, -0.1) is 0 Å². The van der Waals surface area contributed by atoms with E-state index in [1.807, 2.05) is 12.1 Å². The summed E-state index contributed by atoms with van der Waals surface area (Å²) >= 11 is 0. The second kappa shape index (κ2) is 6.96. The zero-order chi connectivity index (χ0) is 19.7. The molecule has 0 saturated heterocycles. The zero-order valence-electron chi connectivity index (χ0n) is 14.9. The van der Waals surface area contributed by atoms with Crippen LogP contribution >= 0.6 is 0 Å². The molecule has 0 aliphatic carbocycles. The number of hydrogen-bond acceptors (Lipinski definition) is 7. The number of halogens is 1. The summed E-state index contributed by atoms with van der Waals surface area (Å²) in [6, 6.07) is 6.63. The van der Waals surface area contributed by atoms with Crippen molar-refractivity contribution in [2.45, 2.75) is 6.42 Å². The van der Waals surface area contributed by atoms with Crippen molar-refractivity contribution in [2.24, 2.45) is 7.05 Å². The summed E-state index contributed by atoms with van der Waals surface area (Å²) in [5.41, 5.74) is 8.41. The highest BCUT2D eigenvalue weighted by Gasteiger charge is 2.14. The molecular formula is C18H16FN9. The standard InChI is InChI=1S/C18H16FN9/c1-28-5-3-13(27-28)11-6-10(19)7-14-16(11)26-15(25-14)2-4-22-18-12(8-20)17(21)23-9-24-18/h3,5-7,9H,2,4H2,1H3,(H,25,26)(H3,21,22,23,24). The van der Waals surface area contributed by atoms with Gasteiger partial charge in [-0.2, -0.15) is 10.4 Å². The van der Waals surface area contributed by atoms with Gasteiger partial charge in [0.2, 0.25) is 0 Å². The Hall–Kier alpha value is -4.00. The molecule has 9 nitrogen and oxygen atoms in total. The van der Waals surface area contributed by atoms with Crippen LogP contribution in [0.1, 0.15) is 11.4 Å². The lowest BCUT2D eigenvalue weighted by molar-refractivity contribution is 0.629. The van der Waals surface area contributed by atoms with Crippen molar-refractivity contribution in [3.05, 3.63) is 47.9 Å². The van der Waals surface area contributed by atoms with Gasteiger partial charge >= 0.3 is 0 Å². The number of nitrogens with zero attached hydrogens (tertiary/aromatic N) is 6. The summed E-state index contributed by atoms with van der Waals surface area (Å²) in [6.07, 6.45) is 3.60. The summed E-state index contributed by atoms with van der Waals surface area (Å²) < 4.78 is 15.7. The Morgan fingerprint density at radius 3 is 2.96 bits per heavy atom. The fourth-order valence-electron chi connectivity index (χ4n) is 2.95. The van der Waals surface area contributed by atoms with E-state index >= 15 is 0 Å². The van der Waals surface area contributed by atoms with Crippen LogP contribution in [0.4, 0.5) is 16.0 Å². The molecule has 0 saturated carbocycles. The molecule has 140 valence electrons. The Balaban J connectivity index is 1.58. The van der Waals surface area contributed by atoms with Gasteiger partial charge in [-0.3, -0.25) is 4.68 Å². The van der Waals surface area contributed by atoms with E-state index in [1.165, 1.54) is 18.5 Å². The molecule has 1 aromatic carbocycles. The van der Waals surface area contributed by atoms with Crippen molar-refractivity contribution in [1.82, 2.24) is 29.7 Å². The van der Waals surface area contributed by atoms with Crippen LogP contribution in [0.5, 0.6) is 0 Å². The quantitative estimate of drug-likeness (QED) is 0.484. The smallest absolute Gasteiger partial charge is 0.149 e. The van der Waals surface area contributed by atoms with E-state index in [2.05, 4.69) is 30.4 Å². The van der Waals surface area contributed by atoms with Crippen LogP contribution in [0, 0.1) is 17.1 Å². The molecular weight excluding hydrogens is 361 g/mol. The summed E-state index contributed by atoms with van der Waals surface area (Å²) in [6.45, 7) is 0.451. The van der Waals surface area contributed by atoms with E-state index in [0.29, 0.717) is 46.9 Å². The van der Waals surface area contributed by atoms with Crippen LogP contribution < -0.4 is 11.1 Å². The van der Waals surface area contributed by atoms with E-state index in [0.717, 1.165) is 0 Å². The summed E-state index contributed by atoms with van der Waals surface area (Å²) in [5, 5.41) is 16.6. The van der Waals surface area contributed by atoms with Crippen LogP contribution in [0.25, 0.3) is 22.3 Å². The maximum Gasteiger partial charge on any atom is 0.149 e. The zero-order valence-corrected chi connectivity index (χ0v) is 14.9. The Morgan fingerprint density at radius 1 is 1.36 bits per heavy atom. The number of rotatable bonds is 5. The molecule has 0 amide bonds. The first-order valence-electron chi connectivity index (χ1n) is 8.47. The molecule has 4 rings (SSSR count). The second-order valence-electron chi connectivity index (χ2n) is 6.18. The molecule has 0 aliphatic heterocycles. The maximum atomic E-state index is 14.0. The van der Waals surface area contributed by atoms with Gasteiger partial charge in [-0.1, -0.05) is 0 Å². The lowest BCUT2D eigenvalue weighted by Gasteiger charge is -2.06. The van der Waals surface area contributed by atoms with Gasteiger partial charge in [-0.05, 0) is 18.2 Å². The number of aryl methyl sites for hydroxylation is 1. The number of imidazole rings is 1. The van der Waals surface area contributed by atoms with Gasteiger partial charge in [-0.25, -0.2) is 19.3 Å². The molecule has 0 unspecified atom stereocenters. The second-order valence-corrected chi connectivity index (χ2v) is 6.18. The molecule has 4 aromatic rings. The molecule has 3 heterocycles. The highest BCUT2D eigenvalue weighted by molar-refractivity contribution is 5.91. The van der Waals surface area contributed by atoms with Gasteiger partial charge in [0.05, 0.1) is 16.7 Å². The van der Waals surface area contributed by atoms with Crippen LogP contribution in [-0.2, 0) is 13.5 Å². The summed E-state index contributed by atoms with van der Waals surface area (Å²) in [4.78, 5) is 15.6. The first-order valence-corrected chi connectivity index (χ1v) is 8.47. The summed E-state index contributed by atoms with van der Waals surface area (Å²) in [7, 11) is 1.80. The number of aromatic nitrogens is 6. The van der Waals surface area contributed by atoms with Crippen molar-refractivity contribution in [2.75, 3.05) is 17.6 Å². The van der Waals surface area contributed by atoms with Gasteiger partial charge in [0.15, 0.2) is 0 Å². The Bertz CT molecular complexity index is 1200. The van der Waals surface area contributed by atoms with Crippen molar-refractivity contribution >= 4 is 22.7 Å². The molecule has 0 fully saturated rings. The minimum absolute atomic E-state index is 0.124. The van der Waals surface area contributed by atoms with Crippen molar-refractivity contribution in [3.63, 3.8) is 0 Å². The molecule has 0 spiro atoms. The monoisotopic (exact) mass is 377 g/mol. The average molecular weight is 377 g/mol. The number of benzene rings is 1. The van der Waals surface area contributed by atoms with Crippen molar-refractivity contribution < 1.29 is 4.39 Å². The Kier molecular flexibility index (Phi) is 4.33. The number of nitrogens with one attached hydrogen (secondary N) is 2. The molecule has 0 radical (unpaired) electrons. The van der Waals surface area contributed by atoms with Gasteiger partial charge in [0, 0.05) is 31.8 Å². The predicted octanol–water partition coefficient (Wildman–Crippen LogP) is 2.00. The first-order chi connectivity index (χ1) is 13.5. The van der Waals surface area contributed by atoms with E-state index < -0.39 is 0 Å². The summed E-state index contributed by atoms with van der Waals surface area (Å²) in [5.74, 6) is 0.799. The number of hydrogen-bond donors (Lipinski definition) is 3. The van der Waals surface area contributed by atoms with E-state index in [9.17, 15) is 4.39 Å². The normalized spacial score (nSPS) is 10.9. The van der Waals surface area contributed by atoms with Gasteiger partial charge in [0.1, 0.15) is 41.2 Å². The number of fused-ring (bicyclic) bond motifs is 1. The minimum Gasteiger partial charge on any atom is -0.382 e. The molecule has 0 bridgehead atoms. The predicted molar refractivity (Wildman–Crippen MR) is 102 cm³/mol. The molecule has 28 heavy (non-hydrogen) atoms. The fourth-order valence-corrected chi connectivity index (χ4v) is 2.95. The van der Waals surface area contributed by atoms with E-state index in [1.54, 1.807) is 17.9 Å². The number of aromatic amines is 1. The lowest BCUT2D eigenvalue weighted by Crippen LogP contribution is -2.10. The number of nitriles is 1. The topological polar surface area (TPSA) is 134 Å². The van der Waals surface area contributed by atoms with Crippen molar-refractivity contribution in [1.29, 1.82) is 5.26 Å². The van der Waals surface area contributed by atoms with Crippen molar-refractivity contribution in [3.8, 4) is 17.3 Å². The molecule has 3 aromatic heterocycles. The average Bonchev–Trinajstić information content (AvgIpc) is 3.27. The third-order valence-electron chi connectivity index (χ3n) is 4.23. The highest BCUT2D eigenvalue weighted by Crippen LogP contribution is 2.27. The SMILES string of the molecule is Cn1ccc(-c2cc(F)cc3[nH]c(CCNc4ncnc(N)c4C#N)nc23)n1. The van der Waals surface area contributed by atoms with Crippen LogP contribution in [0.3, 0.4) is 0 Å². The largest absolute Gasteiger partial charge is 0.382 e. The number of H-pyrrole nitrogens is 1. The third-order valence-corrected chi connectivity index (χ3v) is 4.23. The van der Waals surface area contributed by atoms with Gasteiger partial charge < -0.3 is 16.0 Å². The van der Waals surface area contributed by atoms with Crippen LogP contribution in [0.15, 0.2) is 30.7 Å². The Morgan fingerprint density at radius 2 is 2.21 bits per heavy atom. The number of nitrogens with two attached hydrogens (primary N) is 1. The molecule has 4 N–H and O–H groups in total. The molecule has 0 atom stereocenters. The molecule has 0 aliphatic rings. The van der Waals surface area contributed by atoms with E-state index in [-0.39, 0.29) is 17.2 Å².